The van der Waals surface area contributed by atoms with Crippen LogP contribution in [0.1, 0.15) is 38.3 Å². The summed E-state index contributed by atoms with van der Waals surface area (Å²) in [5, 5.41) is 5.00. The number of hydrogen-bond acceptors (Lipinski definition) is 2. The smallest absolute Gasteiger partial charge is 0.242 e. The van der Waals surface area contributed by atoms with E-state index in [-0.39, 0.29) is 17.4 Å². The monoisotopic (exact) mass is 276 g/mol. The van der Waals surface area contributed by atoms with Gasteiger partial charge < -0.3 is 10.6 Å². The Morgan fingerprint density at radius 3 is 2.45 bits per heavy atom. The Morgan fingerprint density at radius 1 is 1.35 bits per heavy atom. The average molecular weight is 276 g/mol. The number of carbonyl (C=O) groups excluding carboxylic acids is 2. The molecule has 0 radical (unpaired) electrons. The molecule has 0 aliphatic carbocycles. The molecule has 1 aromatic carbocycles. The molecule has 1 aromatic rings. The van der Waals surface area contributed by atoms with E-state index in [1.807, 2.05) is 0 Å². The molecule has 1 atom stereocenters. The van der Waals surface area contributed by atoms with Crippen molar-refractivity contribution in [1.29, 1.82) is 0 Å². The van der Waals surface area contributed by atoms with E-state index in [0.29, 0.717) is 19.4 Å². The molecule has 110 valence electrons. The second kappa shape index (κ2) is 7.08. The van der Waals surface area contributed by atoms with E-state index in [4.69, 9.17) is 0 Å². The van der Waals surface area contributed by atoms with Crippen LogP contribution in [0.25, 0.3) is 0 Å². The Morgan fingerprint density at radius 2 is 2.05 bits per heavy atom. The Hall–Kier alpha value is -1.84. The molecule has 1 saturated heterocycles. The lowest BCUT2D eigenvalue weighted by Gasteiger charge is -2.19. The second-order valence-corrected chi connectivity index (χ2v) is 6.04. The Kier molecular flexibility index (Phi) is 5.74. The van der Waals surface area contributed by atoms with Gasteiger partial charge in [0.1, 0.15) is 6.04 Å². The largest absolute Gasteiger partial charge is 0.354 e. The topological polar surface area (TPSA) is 58.2 Å². The highest BCUT2D eigenvalue weighted by Gasteiger charge is 2.22. The van der Waals surface area contributed by atoms with E-state index < -0.39 is 0 Å². The van der Waals surface area contributed by atoms with Crippen LogP contribution in [0.4, 0.5) is 0 Å². The van der Waals surface area contributed by atoms with Crippen LogP contribution in [-0.2, 0) is 15.0 Å². The lowest BCUT2D eigenvalue weighted by Crippen LogP contribution is -2.35. The maximum absolute atomic E-state index is 10.6. The highest BCUT2D eigenvalue weighted by atomic mass is 16.2. The van der Waals surface area contributed by atoms with Crippen molar-refractivity contribution in [1.82, 2.24) is 10.6 Å². The van der Waals surface area contributed by atoms with E-state index in [1.54, 1.807) is 0 Å². The van der Waals surface area contributed by atoms with Crippen molar-refractivity contribution >= 4 is 12.3 Å². The van der Waals surface area contributed by atoms with Crippen molar-refractivity contribution in [3.63, 3.8) is 0 Å². The third kappa shape index (κ3) is 5.03. The van der Waals surface area contributed by atoms with Gasteiger partial charge in [-0.3, -0.25) is 9.59 Å². The second-order valence-electron chi connectivity index (χ2n) is 6.04. The van der Waals surface area contributed by atoms with Crippen molar-refractivity contribution in [3.05, 3.63) is 35.4 Å². The fourth-order valence-corrected chi connectivity index (χ4v) is 1.95. The highest BCUT2D eigenvalue weighted by Crippen LogP contribution is 2.22. The van der Waals surface area contributed by atoms with Crippen molar-refractivity contribution in [2.45, 2.75) is 45.6 Å². The summed E-state index contributed by atoms with van der Waals surface area (Å²) in [4.78, 5) is 20.4. The van der Waals surface area contributed by atoms with Gasteiger partial charge in [-0.05, 0) is 24.3 Å². The Balaban J connectivity index is 0.000000204. The molecule has 2 amide bonds. The zero-order valence-electron chi connectivity index (χ0n) is 12.7. The summed E-state index contributed by atoms with van der Waals surface area (Å²) in [5.41, 5.74) is 3.04. The quantitative estimate of drug-likeness (QED) is 0.811. The molecular weight excluding hydrogens is 252 g/mol. The summed E-state index contributed by atoms with van der Waals surface area (Å²) < 4.78 is 0. The number of carbonyl (C=O) groups is 2. The van der Waals surface area contributed by atoms with Crippen LogP contribution in [0, 0.1) is 6.92 Å². The SMILES string of the molecule is Cc1cccc(C(C)(C)C)c1.O=CNC1CCNC1=O. The fraction of sp³-hybridized carbons (Fsp3) is 0.500. The number of benzene rings is 1. The minimum atomic E-state index is -0.289. The minimum absolute atomic E-state index is 0.0814. The predicted octanol–water partition coefficient (Wildman–Crippen LogP) is 1.91. The van der Waals surface area contributed by atoms with Gasteiger partial charge in [0.15, 0.2) is 0 Å². The predicted molar refractivity (Wildman–Crippen MR) is 80.5 cm³/mol. The van der Waals surface area contributed by atoms with E-state index in [9.17, 15) is 9.59 Å². The van der Waals surface area contributed by atoms with E-state index >= 15 is 0 Å². The van der Waals surface area contributed by atoms with Gasteiger partial charge in [0, 0.05) is 6.54 Å². The van der Waals surface area contributed by atoms with Crippen LogP contribution in [-0.4, -0.2) is 24.9 Å². The highest BCUT2D eigenvalue weighted by molar-refractivity contribution is 5.85. The van der Waals surface area contributed by atoms with Crippen LogP contribution < -0.4 is 10.6 Å². The third-order valence-corrected chi connectivity index (χ3v) is 3.20. The van der Waals surface area contributed by atoms with Gasteiger partial charge in [0.2, 0.25) is 12.3 Å². The molecule has 1 unspecified atom stereocenters. The summed E-state index contributed by atoms with van der Waals surface area (Å²) in [6, 6.07) is 8.40. The zero-order chi connectivity index (χ0) is 15.2. The molecule has 4 heteroatoms. The van der Waals surface area contributed by atoms with E-state index in [0.717, 1.165) is 0 Å². The summed E-state index contributed by atoms with van der Waals surface area (Å²) >= 11 is 0. The molecule has 1 aliphatic rings. The molecule has 1 fully saturated rings. The number of amides is 2. The minimum Gasteiger partial charge on any atom is -0.354 e. The number of hydrogen-bond donors (Lipinski definition) is 2. The van der Waals surface area contributed by atoms with Crippen LogP contribution in [0.15, 0.2) is 24.3 Å². The first-order valence-electron chi connectivity index (χ1n) is 6.89. The lowest BCUT2D eigenvalue weighted by atomic mass is 9.86. The van der Waals surface area contributed by atoms with Gasteiger partial charge in [-0.25, -0.2) is 0 Å². The Bertz CT molecular complexity index is 464. The fourth-order valence-electron chi connectivity index (χ4n) is 1.95. The first-order chi connectivity index (χ1) is 9.34. The normalized spacial score (nSPS) is 17.8. The summed E-state index contributed by atoms with van der Waals surface area (Å²) in [7, 11) is 0. The molecule has 0 bridgehead atoms. The lowest BCUT2D eigenvalue weighted by molar-refractivity contribution is -0.123. The van der Waals surface area contributed by atoms with E-state index in [2.05, 4.69) is 62.6 Å². The molecule has 1 heterocycles. The number of nitrogens with one attached hydrogen (secondary N) is 2. The maximum atomic E-state index is 10.6. The number of aryl methyl sites for hydroxylation is 1. The van der Waals surface area contributed by atoms with Gasteiger partial charge >= 0.3 is 0 Å². The van der Waals surface area contributed by atoms with Crippen LogP contribution in [0.5, 0.6) is 0 Å². The van der Waals surface area contributed by atoms with Crippen LogP contribution in [0.2, 0.25) is 0 Å². The molecule has 20 heavy (non-hydrogen) atoms. The van der Waals surface area contributed by atoms with Crippen LogP contribution >= 0.6 is 0 Å². The summed E-state index contributed by atoms with van der Waals surface area (Å²) in [5.74, 6) is -0.0814. The standard InChI is InChI=1S/C11H16.C5H8N2O2/c1-9-6-5-7-10(8-9)11(2,3)4;8-3-7-4-1-2-6-5(4)9/h5-8H,1-4H3;3-4H,1-2H2,(H,6,9)(H,7,8). The Labute approximate surface area is 121 Å². The molecule has 2 N–H and O–H groups in total. The van der Waals surface area contributed by atoms with Gasteiger partial charge in [-0.15, -0.1) is 0 Å². The summed E-state index contributed by atoms with van der Waals surface area (Å²) in [6.45, 7) is 9.52. The molecule has 1 aliphatic heterocycles. The van der Waals surface area contributed by atoms with E-state index in [1.165, 1.54) is 11.1 Å². The molecule has 0 spiro atoms. The van der Waals surface area contributed by atoms with Crippen molar-refractivity contribution < 1.29 is 9.59 Å². The van der Waals surface area contributed by atoms with Gasteiger partial charge in [0.25, 0.3) is 0 Å². The molecule has 4 nitrogen and oxygen atoms in total. The van der Waals surface area contributed by atoms with Crippen molar-refractivity contribution in [2.24, 2.45) is 0 Å². The van der Waals surface area contributed by atoms with Gasteiger partial charge in [0.05, 0.1) is 0 Å². The maximum Gasteiger partial charge on any atom is 0.242 e. The van der Waals surface area contributed by atoms with Crippen molar-refractivity contribution in [3.8, 4) is 0 Å². The first-order valence-corrected chi connectivity index (χ1v) is 6.89. The third-order valence-electron chi connectivity index (χ3n) is 3.20. The molecular formula is C16H24N2O2. The summed E-state index contributed by atoms with van der Waals surface area (Å²) in [6.07, 6.45) is 1.26. The average Bonchev–Trinajstić information content (AvgIpc) is 2.76. The molecule has 2 rings (SSSR count). The molecule has 0 aromatic heterocycles. The van der Waals surface area contributed by atoms with Gasteiger partial charge in [-0.1, -0.05) is 50.6 Å². The zero-order valence-corrected chi connectivity index (χ0v) is 12.7. The van der Waals surface area contributed by atoms with Crippen molar-refractivity contribution in [2.75, 3.05) is 6.54 Å². The molecule has 0 saturated carbocycles. The van der Waals surface area contributed by atoms with Gasteiger partial charge in [-0.2, -0.15) is 0 Å². The van der Waals surface area contributed by atoms with Crippen LogP contribution in [0.3, 0.4) is 0 Å². The first kappa shape index (κ1) is 16.2. The number of rotatable bonds is 2.